The van der Waals surface area contributed by atoms with Gasteiger partial charge in [-0.1, -0.05) is 36.6 Å². The second-order valence-corrected chi connectivity index (χ2v) is 12.3. The van der Waals surface area contributed by atoms with E-state index in [4.69, 9.17) is 21.1 Å². The summed E-state index contributed by atoms with van der Waals surface area (Å²) in [5, 5.41) is 9.18. The summed E-state index contributed by atoms with van der Waals surface area (Å²) in [5.74, 6) is -2.93. The number of allylic oxidation sites excluding steroid dienone is 4. The lowest BCUT2D eigenvalue weighted by Gasteiger charge is -2.45. The maximum Gasteiger partial charge on any atom is 0.408 e. The number of alkyl carbamates (subject to hydrolysis) is 1. The van der Waals surface area contributed by atoms with Crippen molar-refractivity contribution in [2.75, 3.05) is 25.0 Å². The fraction of sp³-hybridized carbons (Fsp3) is 0.469. The predicted molar refractivity (Wildman–Crippen MR) is 160 cm³/mol. The summed E-state index contributed by atoms with van der Waals surface area (Å²) in [6, 6.07) is 2.66. The molecule has 3 N–H and O–H groups in total. The molecule has 1 aliphatic carbocycles. The second kappa shape index (κ2) is 12.3. The largest absolute Gasteiger partial charge is 0.464 e. The molecule has 1 aromatic carbocycles. The molecule has 5 aliphatic rings. The van der Waals surface area contributed by atoms with Gasteiger partial charge in [0, 0.05) is 24.2 Å². The van der Waals surface area contributed by atoms with Crippen LogP contribution in [0.5, 0.6) is 0 Å². The summed E-state index contributed by atoms with van der Waals surface area (Å²) in [4.78, 5) is 41.3. The number of carbonyl (C=O) groups excluding carboxylic acids is 3. The number of fused-ring (bicyclic) bond motifs is 5. The van der Waals surface area contributed by atoms with Crippen molar-refractivity contribution in [2.45, 2.75) is 62.8 Å². The Balaban J connectivity index is 1.30. The maximum atomic E-state index is 15.4. The highest BCUT2D eigenvalue weighted by molar-refractivity contribution is 6.31. The number of nitrogens with zero attached hydrogens (tertiary/aromatic N) is 1. The highest BCUT2D eigenvalue weighted by atomic mass is 35.5. The van der Waals surface area contributed by atoms with Gasteiger partial charge in [0.2, 0.25) is 5.91 Å². The van der Waals surface area contributed by atoms with Crippen LogP contribution < -0.4 is 16.0 Å². The standard InChI is InChI=1S/C32H35ClF2N4O5/c1-2-43-30(41)25-6-4-3-5-20(26-15-18(11-13-36-26)21-16-19(34)7-9-23(21)37-25)29(40)39-14-12-32(17-39)27-24(38-31(42)44-32)10-8-22(33)28(27)35/h7-11,13,15-16,20,24-27,36-37H,2-6,12,14,17H2,1H3,(H,38,42)/t20?,24?,25?,26?,27?,32-/m0/s1. The van der Waals surface area contributed by atoms with Gasteiger partial charge in [-0.15, -0.1) is 0 Å². The number of ether oxygens (including phenoxy) is 2. The molecule has 2 fully saturated rings. The first-order chi connectivity index (χ1) is 21.2. The van der Waals surface area contributed by atoms with Gasteiger partial charge in [0.1, 0.15) is 23.3 Å². The van der Waals surface area contributed by atoms with Crippen molar-refractivity contribution in [3.63, 3.8) is 0 Å². The number of esters is 1. The minimum absolute atomic E-state index is 0.0321. The molecule has 12 heteroatoms. The fourth-order valence-electron chi connectivity index (χ4n) is 7.04. The van der Waals surface area contributed by atoms with Crippen LogP contribution in [0.3, 0.4) is 0 Å². The Bertz CT molecular complexity index is 1480. The molecular weight excluding hydrogens is 594 g/mol. The Morgan fingerprint density at radius 2 is 1.98 bits per heavy atom. The molecule has 9 nitrogen and oxygen atoms in total. The molecule has 2 bridgehead atoms. The molecule has 1 aromatic rings. The number of likely N-dealkylation sites (tertiary alicyclic amines) is 1. The maximum absolute atomic E-state index is 15.4. The zero-order valence-corrected chi connectivity index (χ0v) is 25.0. The van der Waals surface area contributed by atoms with Crippen LogP contribution in [-0.4, -0.2) is 66.3 Å². The summed E-state index contributed by atoms with van der Waals surface area (Å²) < 4.78 is 41.0. The third kappa shape index (κ3) is 5.69. The average Bonchev–Trinajstić information content (AvgIpc) is 3.41. The van der Waals surface area contributed by atoms with Gasteiger partial charge in [-0.05, 0) is 61.9 Å². The number of anilines is 1. The van der Waals surface area contributed by atoms with E-state index in [1.807, 2.05) is 6.08 Å². The van der Waals surface area contributed by atoms with Gasteiger partial charge in [-0.3, -0.25) is 4.79 Å². The molecule has 6 atom stereocenters. The molecule has 1 spiro atoms. The van der Waals surface area contributed by atoms with Crippen molar-refractivity contribution in [3.05, 3.63) is 70.9 Å². The SMILES string of the molecule is CCOC(=O)C1CCCCC(C(=O)N2CC[C@@]3(C2)OC(=O)NC2C=CC(Cl)=C(F)C23)C2C=C(C=CN2)c2cc(F)ccc2N1. The van der Waals surface area contributed by atoms with Crippen molar-refractivity contribution in [1.82, 2.24) is 15.5 Å². The van der Waals surface area contributed by atoms with E-state index in [-0.39, 0.29) is 37.1 Å². The highest BCUT2D eigenvalue weighted by Gasteiger charge is 2.57. The van der Waals surface area contributed by atoms with Crippen LogP contribution in [0.2, 0.25) is 0 Å². The summed E-state index contributed by atoms with van der Waals surface area (Å²) in [6.45, 7) is 2.29. The number of amides is 2. The minimum Gasteiger partial charge on any atom is -0.464 e. The van der Waals surface area contributed by atoms with Crippen molar-refractivity contribution in [2.24, 2.45) is 11.8 Å². The lowest BCUT2D eigenvalue weighted by atomic mass is 9.77. The van der Waals surface area contributed by atoms with E-state index in [9.17, 15) is 18.8 Å². The lowest BCUT2D eigenvalue weighted by Crippen LogP contribution is -2.61. The number of hydrogen-bond donors (Lipinski definition) is 3. The Morgan fingerprint density at radius 1 is 1.16 bits per heavy atom. The first-order valence-corrected chi connectivity index (χ1v) is 15.5. The summed E-state index contributed by atoms with van der Waals surface area (Å²) >= 11 is 6.13. The van der Waals surface area contributed by atoms with Crippen molar-refractivity contribution >= 4 is 40.8 Å². The molecule has 0 radical (unpaired) electrons. The minimum atomic E-state index is -1.25. The third-order valence-corrected chi connectivity index (χ3v) is 9.45. The van der Waals surface area contributed by atoms with Crippen molar-refractivity contribution in [1.29, 1.82) is 0 Å². The van der Waals surface area contributed by atoms with Gasteiger partial charge in [0.05, 0.1) is 42.1 Å². The second-order valence-electron chi connectivity index (χ2n) is 11.8. The van der Waals surface area contributed by atoms with Crippen LogP contribution in [0, 0.1) is 17.7 Å². The van der Waals surface area contributed by atoms with E-state index in [1.165, 1.54) is 18.2 Å². The summed E-state index contributed by atoms with van der Waals surface area (Å²) in [7, 11) is 0. The first kappa shape index (κ1) is 30.2. The van der Waals surface area contributed by atoms with Gasteiger partial charge in [-0.2, -0.15) is 0 Å². The number of benzene rings is 1. The molecule has 4 heterocycles. The Kier molecular flexibility index (Phi) is 8.41. The van der Waals surface area contributed by atoms with E-state index < -0.39 is 59.3 Å². The number of rotatable bonds is 3. The third-order valence-electron chi connectivity index (χ3n) is 9.15. The molecule has 234 valence electrons. The Hall–Kier alpha value is -3.86. The van der Waals surface area contributed by atoms with Crippen LogP contribution >= 0.6 is 11.6 Å². The van der Waals surface area contributed by atoms with E-state index >= 15 is 4.39 Å². The molecule has 0 saturated carbocycles. The molecule has 0 aromatic heterocycles. The van der Waals surface area contributed by atoms with Crippen LogP contribution in [0.15, 0.2) is 59.6 Å². The van der Waals surface area contributed by atoms with Crippen molar-refractivity contribution < 1.29 is 32.6 Å². The molecule has 2 saturated heterocycles. The molecule has 2 amide bonds. The van der Waals surface area contributed by atoms with Gasteiger partial charge < -0.3 is 30.3 Å². The van der Waals surface area contributed by atoms with Gasteiger partial charge >= 0.3 is 12.1 Å². The molecule has 5 unspecified atom stereocenters. The first-order valence-electron chi connectivity index (χ1n) is 15.1. The predicted octanol–water partition coefficient (Wildman–Crippen LogP) is 4.91. The molecular formula is C32H35ClF2N4O5. The van der Waals surface area contributed by atoms with Gasteiger partial charge in [-0.25, -0.2) is 18.4 Å². The van der Waals surface area contributed by atoms with Crippen LogP contribution in [0.1, 0.15) is 44.6 Å². The van der Waals surface area contributed by atoms with Gasteiger partial charge in [0.15, 0.2) is 0 Å². The van der Waals surface area contributed by atoms with E-state index in [0.717, 1.165) is 0 Å². The molecule has 44 heavy (non-hydrogen) atoms. The number of dihydropyridines is 1. The summed E-state index contributed by atoms with van der Waals surface area (Å²) in [6.07, 6.45) is 10.4. The van der Waals surface area contributed by atoms with Crippen LogP contribution in [0.25, 0.3) is 5.57 Å². The summed E-state index contributed by atoms with van der Waals surface area (Å²) in [5.41, 5.74) is 0.592. The van der Waals surface area contributed by atoms with Crippen LogP contribution in [-0.2, 0) is 19.1 Å². The smallest absolute Gasteiger partial charge is 0.408 e. The quantitative estimate of drug-likeness (QED) is 0.408. The van der Waals surface area contributed by atoms with E-state index in [1.54, 1.807) is 36.2 Å². The number of halogens is 3. The zero-order valence-electron chi connectivity index (χ0n) is 24.3. The molecule has 6 rings (SSSR count). The van der Waals surface area contributed by atoms with Gasteiger partial charge in [0.25, 0.3) is 0 Å². The fourth-order valence-corrected chi connectivity index (χ4v) is 7.23. The highest BCUT2D eigenvalue weighted by Crippen LogP contribution is 2.46. The topological polar surface area (TPSA) is 109 Å². The Labute approximate surface area is 259 Å². The Morgan fingerprint density at radius 3 is 2.80 bits per heavy atom. The van der Waals surface area contributed by atoms with Crippen molar-refractivity contribution in [3.8, 4) is 0 Å². The van der Waals surface area contributed by atoms with E-state index in [0.29, 0.717) is 42.5 Å². The van der Waals surface area contributed by atoms with E-state index in [2.05, 4.69) is 16.0 Å². The normalized spacial score (nSPS) is 31.3. The monoisotopic (exact) mass is 628 g/mol. The molecule has 4 aliphatic heterocycles. The number of hydrogen-bond acceptors (Lipinski definition) is 7. The lowest BCUT2D eigenvalue weighted by molar-refractivity contribution is -0.144. The average molecular weight is 629 g/mol. The van der Waals surface area contributed by atoms with Crippen LogP contribution in [0.4, 0.5) is 19.3 Å². The number of nitrogens with one attached hydrogen (secondary N) is 3. The zero-order chi connectivity index (χ0) is 31.0. The number of carbonyl (C=O) groups is 3.